The van der Waals surface area contributed by atoms with Crippen LogP contribution < -0.4 is 5.73 Å². The van der Waals surface area contributed by atoms with Crippen LogP contribution in [0.4, 0.5) is 4.39 Å². The van der Waals surface area contributed by atoms with E-state index in [4.69, 9.17) is 5.73 Å². The molecule has 0 aromatic heterocycles. The van der Waals surface area contributed by atoms with E-state index >= 15 is 0 Å². The second-order valence-corrected chi connectivity index (χ2v) is 5.78. The molecule has 1 unspecified atom stereocenters. The van der Waals surface area contributed by atoms with Crippen LogP contribution in [0.15, 0.2) is 22.7 Å². The number of likely N-dealkylation sites (tertiary alicyclic amines) is 1. The molecule has 0 saturated carbocycles. The van der Waals surface area contributed by atoms with Gasteiger partial charge in [-0.25, -0.2) is 4.39 Å². The number of nitrogens with two attached hydrogens (primary N) is 1. The van der Waals surface area contributed by atoms with Crippen molar-refractivity contribution < 1.29 is 4.39 Å². The van der Waals surface area contributed by atoms with Crippen molar-refractivity contribution in [3.05, 3.63) is 34.1 Å². The van der Waals surface area contributed by atoms with Crippen molar-refractivity contribution >= 4 is 15.9 Å². The summed E-state index contributed by atoms with van der Waals surface area (Å²) < 4.78 is 14.9. The van der Waals surface area contributed by atoms with Gasteiger partial charge in [-0.15, -0.1) is 0 Å². The van der Waals surface area contributed by atoms with Gasteiger partial charge in [-0.3, -0.25) is 4.90 Å². The van der Waals surface area contributed by atoms with E-state index in [-0.39, 0.29) is 11.9 Å². The summed E-state index contributed by atoms with van der Waals surface area (Å²) in [6.45, 7) is 2.51. The van der Waals surface area contributed by atoms with Crippen LogP contribution in [0.3, 0.4) is 0 Å². The monoisotopic (exact) mass is 314 g/mol. The summed E-state index contributed by atoms with van der Waals surface area (Å²) in [5, 5.41) is 0. The van der Waals surface area contributed by atoms with E-state index in [2.05, 4.69) is 20.8 Å². The van der Waals surface area contributed by atoms with Gasteiger partial charge in [0.25, 0.3) is 0 Å². The van der Waals surface area contributed by atoms with Crippen LogP contribution in [0.25, 0.3) is 0 Å². The van der Waals surface area contributed by atoms with Crippen molar-refractivity contribution in [3.8, 4) is 0 Å². The Bertz CT molecular complexity index is 389. The van der Waals surface area contributed by atoms with Gasteiger partial charge in [0.15, 0.2) is 0 Å². The zero-order valence-electron chi connectivity index (χ0n) is 10.5. The third-order valence-electron chi connectivity index (χ3n) is 3.62. The van der Waals surface area contributed by atoms with Gasteiger partial charge in [-0.2, -0.15) is 0 Å². The zero-order valence-corrected chi connectivity index (χ0v) is 12.1. The van der Waals surface area contributed by atoms with Gasteiger partial charge in [-0.1, -0.05) is 28.8 Å². The van der Waals surface area contributed by atoms with Crippen LogP contribution in [0.5, 0.6) is 0 Å². The van der Waals surface area contributed by atoms with Crippen LogP contribution in [0.1, 0.15) is 37.3 Å². The van der Waals surface area contributed by atoms with Gasteiger partial charge in [-0.05, 0) is 44.1 Å². The Balaban J connectivity index is 2.23. The molecule has 18 heavy (non-hydrogen) atoms. The SMILES string of the molecule is NCC(c1cc(Br)ccc1F)N1CCCCCC1. The van der Waals surface area contributed by atoms with Gasteiger partial charge in [0.05, 0.1) is 0 Å². The van der Waals surface area contributed by atoms with Crippen molar-refractivity contribution in [2.75, 3.05) is 19.6 Å². The van der Waals surface area contributed by atoms with E-state index in [1.165, 1.54) is 31.7 Å². The predicted octanol–water partition coefficient (Wildman–Crippen LogP) is 3.46. The average molecular weight is 315 g/mol. The topological polar surface area (TPSA) is 29.3 Å². The molecule has 1 aromatic carbocycles. The molecule has 1 aromatic rings. The molecule has 2 N–H and O–H groups in total. The van der Waals surface area contributed by atoms with Crippen molar-refractivity contribution in [1.82, 2.24) is 4.90 Å². The van der Waals surface area contributed by atoms with Crippen LogP contribution in [0, 0.1) is 5.82 Å². The van der Waals surface area contributed by atoms with Crippen LogP contribution in [0.2, 0.25) is 0 Å². The summed E-state index contributed by atoms with van der Waals surface area (Å²) in [6, 6.07) is 5.10. The molecule has 1 fully saturated rings. The minimum atomic E-state index is -0.155. The fraction of sp³-hybridized carbons (Fsp3) is 0.571. The summed E-state index contributed by atoms with van der Waals surface area (Å²) in [6.07, 6.45) is 4.92. The predicted molar refractivity (Wildman–Crippen MR) is 75.9 cm³/mol. The van der Waals surface area contributed by atoms with Gasteiger partial charge in [0.2, 0.25) is 0 Å². The molecule has 2 nitrogen and oxygen atoms in total. The van der Waals surface area contributed by atoms with E-state index in [0.717, 1.165) is 17.6 Å². The van der Waals surface area contributed by atoms with Crippen molar-refractivity contribution in [3.63, 3.8) is 0 Å². The third-order valence-corrected chi connectivity index (χ3v) is 4.11. The quantitative estimate of drug-likeness (QED) is 0.925. The Hall–Kier alpha value is -0.450. The smallest absolute Gasteiger partial charge is 0.128 e. The van der Waals surface area contributed by atoms with E-state index < -0.39 is 0 Å². The molecule has 4 heteroatoms. The molecule has 0 amide bonds. The van der Waals surface area contributed by atoms with Crippen LogP contribution >= 0.6 is 15.9 Å². The van der Waals surface area contributed by atoms with Gasteiger partial charge >= 0.3 is 0 Å². The number of nitrogens with zero attached hydrogens (tertiary/aromatic N) is 1. The summed E-state index contributed by atoms with van der Waals surface area (Å²) >= 11 is 3.41. The third kappa shape index (κ3) is 3.31. The summed E-state index contributed by atoms with van der Waals surface area (Å²) in [5.41, 5.74) is 6.60. The van der Waals surface area contributed by atoms with Crippen LogP contribution in [-0.2, 0) is 0 Å². The first-order chi connectivity index (χ1) is 8.72. The number of halogens is 2. The Kier molecular flexibility index (Phi) is 5.15. The summed E-state index contributed by atoms with van der Waals surface area (Å²) in [4.78, 5) is 2.33. The van der Waals surface area contributed by atoms with Gasteiger partial charge in [0, 0.05) is 22.6 Å². The lowest BCUT2D eigenvalue weighted by atomic mass is 10.0. The first-order valence-corrected chi connectivity index (χ1v) is 7.40. The molecule has 1 saturated heterocycles. The summed E-state index contributed by atoms with van der Waals surface area (Å²) in [7, 11) is 0. The molecule has 0 bridgehead atoms. The van der Waals surface area contributed by atoms with Gasteiger partial charge < -0.3 is 5.73 Å². The fourth-order valence-corrected chi connectivity index (χ4v) is 3.03. The molecule has 0 aliphatic carbocycles. The lowest BCUT2D eigenvalue weighted by molar-refractivity contribution is 0.205. The molecule has 1 atom stereocenters. The molecule has 0 spiro atoms. The molecule has 100 valence electrons. The normalized spacial score (nSPS) is 19.5. The molecule has 1 aliphatic rings. The highest BCUT2D eigenvalue weighted by molar-refractivity contribution is 9.10. The largest absolute Gasteiger partial charge is 0.329 e. The lowest BCUT2D eigenvalue weighted by Crippen LogP contribution is -2.35. The van der Waals surface area contributed by atoms with Crippen molar-refractivity contribution in [1.29, 1.82) is 0 Å². The van der Waals surface area contributed by atoms with E-state index in [1.807, 2.05) is 6.07 Å². The number of benzene rings is 1. The highest BCUT2D eigenvalue weighted by Gasteiger charge is 2.22. The summed E-state index contributed by atoms with van der Waals surface area (Å²) in [5.74, 6) is -0.155. The number of hydrogen-bond donors (Lipinski definition) is 1. The Morgan fingerprint density at radius 3 is 2.50 bits per heavy atom. The maximum atomic E-state index is 14.0. The standard InChI is InChI=1S/C14H20BrFN2/c15-11-5-6-13(16)12(9-11)14(10-17)18-7-3-1-2-4-8-18/h5-6,9,14H,1-4,7-8,10,17H2. The second-order valence-electron chi connectivity index (χ2n) is 4.87. The molecule has 0 radical (unpaired) electrons. The second kappa shape index (κ2) is 6.64. The molecular formula is C14H20BrFN2. The van der Waals surface area contributed by atoms with E-state index in [0.29, 0.717) is 12.1 Å². The zero-order chi connectivity index (χ0) is 13.0. The van der Waals surface area contributed by atoms with Gasteiger partial charge in [0.1, 0.15) is 5.82 Å². The highest BCUT2D eigenvalue weighted by atomic mass is 79.9. The maximum Gasteiger partial charge on any atom is 0.128 e. The lowest BCUT2D eigenvalue weighted by Gasteiger charge is -2.30. The van der Waals surface area contributed by atoms with E-state index in [9.17, 15) is 4.39 Å². The number of hydrogen-bond acceptors (Lipinski definition) is 2. The highest BCUT2D eigenvalue weighted by Crippen LogP contribution is 2.27. The minimum absolute atomic E-state index is 0.000556. The molecular weight excluding hydrogens is 295 g/mol. The number of rotatable bonds is 3. The average Bonchev–Trinajstić information content (AvgIpc) is 2.64. The molecule has 1 heterocycles. The van der Waals surface area contributed by atoms with E-state index in [1.54, 1.807) is 6.07 Å². The molecule has 2 rings (SSSR count). The Morgan fingerprint density at radius 2 is 1.89 bits per heavy atom. The first kappa shape index (κ1) is 14.0. The van der Waals surface area contributed by atoms with Crippen LogP contribution in [-0.4, -0.2) is 24.5 Å². The Morgan fingerprint density at radius 1 is 1.22 bits per heavy atom. The minimum Gasteiger partial charge on any atom is -0.329 e. The maximum absolute atomic E-state index is 14.0. The first-order valence-electron chi connectivity index (χ1n) is 6.61. The fourth-order valence-electron chi connectivity index (χ4n) is 2.65. The Labute approximate surface area is 116 Å². The van der Waals surface area contributed by atoms with Crippen molar-refractivity contribution in [2.24, 2.45) is 5.73 Å². The van der Waals surface area contributed by atoms with Crippen molar-refractivity contribution in [2.45, 2.75) is 31.7 Å². The molecule has 1 aliphatic heterocycles.